The van der Waals surface area contributed by atoms with Crippen LogP contribution in [0.5, 0.6) is 0 Å². The van der Waals surface area contributed by atoms with E-state index in [9.17, 15) is 13.5 Å². The number of methoxy groups -OCH3 is 1. The van der Waals surface area contributed by atoms with Crippen LogP contribution in [0.15, 0.2) is 23.1 Å². The number of ether oxygens (including phenoxy) is 1. The van der Waals surface area contributed by atoms with Gasteiger partial charge in [-0.1, -0.05) is 19.9 Å². The Bertz CT molecular complexity index is 540. The zero-order chi connectivity index (χ0) is 15.3. The molecule has 0 saturated carbocycles. The summed E-state index contributed by atoms with van der Waals surface area (Å²) in [5.74, 6) is 0.118. The van der Waals surface area contributed by atoms with Crippen LogP contribution in [0.1, 0.15) is 25.0 Å². The van der Waals surface area contributed by atoms with E-state index >= 15 is 0 Å². The van der Waals surface area contributed by atoms with E-state index in [-0.39, 0.29) is 23.5 Å². The minimum Gasteiger partial charge on any atom is -0.392 e. The number of hydrogen-bond acceptors (Lipinski definition) is 4. The fourth-order valence-electron chi connectivity index (χ4n) is 1.79. The standard InChI is InChI=1S/C14H23NO4S/c1-10(2)14(9-19-4)15-20(17,18)13-6-5-11(3)12(7-13)8-16/h5-7,10,14-16H,8-9H2,1-4H3. The van der Waals surface area contributed by atoms with E-state index in [0.717, 1.165) is 5.56 Å². The van der Waals surface area contributed by atoms with Crippen molar-refractivity contribution in [3.8, 4) is 0 Å². The van der Waals surface area contributed by atoms with E-state index in [0.29, 0.717) is 12.2 Å². The van der Waals surface area contributed by atoms with Crippen LogP contribution in [-0.4, -0.2) is 33.3 Å². The SMILES string of the molecule is COCC(NS(=O)(=O)c1ccc(C)c(CO)c1)C(C)C. The van der Waals surface area contributed by atoms with Crippen LogP contribution < -0.4 is 4.72 Å². The predicted molar refractivity (Wildman–Crippen MR) is 77.9 cm³/mol. The van der Waals surface area contributed by atoms with Crippen molar-refractivity contribution in [2.75, 3.05) is 13.7 Å². The molecule has 5 nitrogen and oxygen atoms in total. The van der Waals surface area contributed by atoms with Crippen LogP contribution in [0.2, 0.25) is 0 Å². The number of nitrogens with one attached hydrogen (secondary N) is 1. The molecule has 6 heteroatoms. The first-order chi connectivity index (χ1) is 9.31. The van der Waals surface area contributed by atoms with Crippen LogP contribution in [-0.2, 0) is 21.4 Å². The molecule has 0 aliphatic carbocycles. The Morgan fingerprint density at radius 3 is 2.50 bits per heavy atom. The highest BCUT2D eigenvalue weighted by Gasteiger charge is 2.22. The van der Waals surface area contributed by atoms with Crippen LogP contribution >= 0.6 is 0 Å². The first-order valence-electron chi connectivity index (χ1n) is 6.53. The van der Waals surface area contributed by atoms with Crippen molar-refractivity contribution in [2.24, 2.45) is 5.92 Å². The van der Waals surface area contributed by atoms with Gasteiger partial charge in [0.05, 0.1) is 18.1 Å². The first-order valence-corrected chi connectivity index (χ1v) is 8.01. The highest BCUT2D eigenvalue weighted by atomic mass is 32.2. The summed E-state index contributed by atoms with van der Waals surface area (Å²) in [6, 6.07) is 4.45. The third-order valence-electron chi connectivity index (χ3n) is 3.26. The topological polar surface area (TPSA) is 75.6 Å². The minimum atomic E-state index is -3.62. The Morgan fingerprint density at radius 1 is 1.35 bits per heavy atom. The lowest BCUT2D eigenvalue weighted by Gasteiger charge is -2.21. The number of benzene rings is 1. The largest absolute Gasteiger partial charge is 0.392 e. The number of aliphatic hydroxyl groups excluding tert-OH is 1. The predicted octanol–water partition coefficient (Wildman–Crippen LogP) is 1.44. The molecule has 0 amide bonds. The maximum absolute atomic E-state index is 12.4. The molecule has 0 radical (unpaired) electrons. The van der Waals surface area contributed by atoms with Crippen LogP contribution in [0.4, 0.5) is 0 Å². The van der Waals surface area contributed by atoms with Crippen molar-refractivity contribution in [1.29, 1.82) is 0 Å². The number of sulfonamides is 1. The molecule has 0 aromatic heterocycles. The van der Waals surface area contributed by atoms with Crippen LogP contribution in [0.25, 0.3) is 0 Å². The molecule has 1 atom stereocenters. The Morgan fingerprint density at radius 2 is 2.00 bits per heavy atom. The molecule has 20 heavy (non-hydrogen) atoms. The van der Waals surface area contributed by atoms with Gasteiger partial charge in [-0.3, -0.25) is 0 Å². The number of hydrogen-bond donors (Lipinski definition) is 2. The lowest BCUT2D eigenvalue weighted by molar-refractivity contribution is 0.157. The third-order valence-corrected chi connectivity index (χ3v) is 4.75. The lowest BCUT2D eigenvalue weighted by Crippen LogP contribution is -2.41. The fraction of sp³-hybridized carbons (Fsp3) is 0.571. The Hall–Kier alpha value is -0.950. The summed E-state index contributed by atoms with van der Waals surface area (Å²) in [5, 5.41) is 9.23. The van der Waals surface area contributed by atoms with E-state index in [1.165, 1.54) is 6.07 Å². The summed E-state index contributed by atoms with van der Waals surface area (Å²) >= 11 is 0. The molecule has 0 heterocycles. The van der Waals surface area contributed by atoms with Gasteiger partial charge in [0.15, 0.2) is 0 Å². The Balaban J connectivity index is 3.04. The Labute approximate surface area is 121 Å². The van der Waals surface area contributed by atoms with Crippen molar-refractivity contribution < 1.29 is 18.3 Å². The third kappa shape index (κ3) is 4.28. The van der Waals surface area contributed by atoms with E-state index in [4.69, 9.17) is 4.74 Å². The highest BCUT2D eigenvalue weighted by molar-refractivity contribution is 7.89. The van der Waals surface area contributed by atoms with Gasteiger partial charge in [0, 0.05) is 13.2 Å². The lowest BCUT2D eigenvalue weighted by atomic mass is 10.1. The molecule has 0 aliphatic heterocycles. The fourth-order valence-corrected chi connectivity index (χ4v) is 3.21. The molecule has 1 aromatic carbocycles. The van der Waals surface area contributed by atoms with E-state index in [1.54, 1.807) is 19.2 Å². The summed E-state index contributed by atoms with van der Waals surface area (Å²) in [6.07, 6.45) is 0. The molecule has 1 unspecified atom stereocenters. The molecule has 1 aromatic rings. The first kappa shape index (κ1) is 17.1. The summed E-state index contributed by atoms with van der Waals surface area (Å²) in [5.41, 5.74) is 1.48. The van der Waals surface area contributed by atoms with Crippen molar-refractivity contribution in [1.82, 2.24) is 4.72 Å². The van der Waals surface area contributed by atoms with Crippen molar-refractivity contribution in [3.05, 3.63) is 29.3 Å². The molecule has 114 valence electrons. The smallest absolute Gasteiger partial charge is 0.240 e. The molecule has 1 rings (SSSR count). The maximum Gasteiger partial charge on any atom is 0.240 e. The van der Waals surface area contributed by atoms with Crippen LogP contribution in [0, 0.1) is 12.8 Å². The second kappa shape index (κ2) is 7.17. The second-order valence-electron chi connectivity index (χ2n) is 5.17. The van der Waals surface area contributed by atoms with Gasteiger partial charge in [-0.05, 0) is 36.1 Å². The summed E-state index contributed by atoms with van der Waals surface area (Å²) in [7, 11) is -2.08. The number of aliphatic hydroxyl groups is 1. The normalized spacial score (nSPS) is 13.7. The molecule has 0 fully saturated rings. The van der Waals surface area contributed by atoms with Gasteiger partial charge in [-0.2, -0.15) is 0 Å². The zero-order valence-corrected chi connectivity index (χ0v) is 13.2. The maximum atomic E-state index is 12.4. The molecule has 0 aliphatic rings. The quantitative estimate of drug-likeness (QED) is 0.799. The van der Waals surface area contributed by atoms with Crippen molar-refractivity contribution in [3.63, 3.8) is 0 Å². The molecule has 0 bridgehead atoms. The van der Waals surface area contributed by atoms with Gasteiger partial charge in [0.2, 0.25) is 10.0 Å². The van der Waals surface area contributed by atoms with Gasteiger partial charge in [-0.15, -0.1) is 0 Å². The van der Waals surface area contributed by atoms with Gasteiger partial charge >= 0.3 is 0 Å². The monoisotopic (exact) mass is 301 g/mol. The van der Waals surface area contributed by atoms with Crippen molar-refractivity contribution >= 4 is 10.0 Å². The van der Waals surface area contributed by atoms with Gasteiger partial charge in [-0.25, -0.2) is 13.1 Å². The molecular formula is C14H23NO4S. The molecule has 0 spiro atoms. The number of rotatable bonds is 7. The second-order valence-corrected chi connectivity index (χ2v) is 6.89. The minimum absolute atomic E-state index is 0.118. The number of aryl methyl sites for hydroxylation is 1. The van der Waals surface area contributed by atoms with E-state index in [1.807, 2.05) is 20.8 Å². The highest BCUT2D eigenvalue weighted by Crippen LogP contribution is 2.17. The molecule has 2 N–H and O–H groups in total. The van der Waals surface area contributed by atoms with E-state index in [2.05, 4.69) is 4.72 Å². The van der Waals surface area contributed by atoms with Gasteiger partial charge in [0.1, 0.15) is 0 Å². The molecular weight excluding hydrogens is 278 g/mol. The molecule has 0 saturated heterocycles. The van der Waals surface area contributed by atoms with Crippen LogP contribution in [0.3, 0.4) is 0 Å². The van der Waals surface area contributed by atoms with E-state index < -0.39 is 10.0 Å². The van der Waals surface area contributed by atoms with Gasteiger partial charge in [0.25, 0.3) is 0 Å². The summed E-state index contributed by atoms with van der Waals surface area (Å²) in [4.78, 5) is 0.161. The average molecular weight is 301 g/mol. The van der Waals surface area contributed by atoms with Gasteiger partial charge < -0.3 is 9.84 Å². The Kier molecular flexibility index (Phi) is 6.13. The summed E-state index contributed by atoms with van der Waals surface area (Å²) in [6.45, 7) is 5.83. The zero-order valence-electron chi connectivity index (χ0n) is 12.4. The average Bonchev–Trinajstić information content (AvgIpc) is 2.38. The van der Waals surface area contributed by atoms with Crippen molar-refractivity contribution in [2.45, 2.75) is 38.3 Å². The summed E-state index contributed by atoms with van der Waals surface area (Å²) < 4.78 is 32.4.